The van der Waals surface area contributed by atoms with Gasteiger partial charge in [0.15, 0.2) is 0 Å². The Morgan fingerprint density at radius 2 is 1.71 bits per heavy atom. The van der Waals surface area contributed by atoms with Crippen molar-refractivity contribution >= 4 is 57.3 Å². The Morgan fingerprint density at radius 1 is 1.29 bits per heavy atom. The Labute approximate surface area is 71.6 Å². The van der Waals surface area contributed by atoms with Gasteiger partial charge in [-0.3, -0.25) is 0 Å². The molecule has 0 aromatic rings. The Morgan fingerprint density at radius 3 is 1.71 bits per heavy atom. The Kier molecular flexibility index (Phi) is 4.52. The number of rotatable bonds is 1. The fourth-order valence-corrected chi connectivity index (χ4v) is 2.85. The van der Waals surface area contributed by atoms with Gasteiger partial charge >= 0.3 is 72.0 Å². The third kappa shape index (κ3) is 7.67. The van der Waals surface area contributed by atoms with Crippen LogP contribution in [-0.4, -0.2) is 26.3 Å². The van der Waals surface area contributed by atoms with Crippen LogP contribution in [0.1, 0.15) is 6.42 Å². The molecule has 3 radical (unpaired) electrons. The molecule has 41 valence electrons. The van der Waals surface area contributed by atoms with E-state index in [0.29, 0.717) is 6.42 Å². The molecule has 0 aromatic carbocycles. The summed E-state index contributed by atoms with van der Waals surface area (Å²) in [5, 5.41) is 0. The van der Waals surface area contributed by atoms with Gasteiger partial charge in [0.2, 0.25) is 0 Å². The molecule has 0 amide bonds. The maximum absolute atomic E-state index is 5.38. The van der Waals surface area contributed by atoms with E-state index < -0.39 is 3.79 Å². The summed E-state index contributed by atoms with van der Waals surface area (Å²) in [7, 11) is 0. The number of hydrogen-bond acceptors (Lipinski definition) is 0. The van der Waals surface area contributed by atoms with Gasteiger partial charge in [-0.2, -0.15) is 0 Å². The molecule has 0 unspecified atom stereocenters. The molecular formula is C3H4Cl3Sn. The monoisotopic (exact) mass is 265 g/mol. The molecule has 0 aromatic heterocycles. The summed E-state index contributed by atoms with van der Waals surface area (Å²) in [5.41, 5.74) is 0. The molecular weight excluding hydrogens is 261 g/mol. The van der Waals surface area contributed by atoms with Crippen molar-refractivity contribution in [3.05, 3.63) is 0 Å². The topological polar surface area (TPSA) is 0 Å². The van der Waals surface area contributed by atoms with Crippen LogP contribution in [0.4, 0.5) is 0 Å². The average molecular weight is 265 g/mol. The molecule has 0 fully saturated rings. The van der Waals surface area contributed by atoms with Crippen molar-refractivity contribution in [1.82, 2.24) is 0 Å². The number of halogens is 3. The summed E-state index contributed by atoms with van der Waals surface area (Å²) in [5.74, 6) is 0. The minimum absolute atomic E-state index is 0.677. The standard InChI is InChI=1S/C3H4Cl3.Sn/c1-2-3(4,5)6;/h1-2H2;. The molecule has 0 N–H and O–H groups in total. The second kappa shape index (κ2) is 3.65. The summed E-state index contributed by atoms with van der Waals surface area (Å²) < 4.78 is -0.00729. The van der Waals surface area contributed by atoms with Crippen LogP contribution >= 0.6 is 34.8 Å². The summed E-state index contributed by atoms with van der Waals surface area (Å²) in [4.78, 5) is 0. The van der Waals surface area contributed by atoms with Crippen LogP contribution in [-0.2, 0) is 0 Å². The number of hydrogen-bond donors (Lipinski definition) is 0. The van der Waals surface area contributed by atoms with Gasteiger partial charge in [-0.15, -0.1) is 0 Å². The maximum atomic E-state index is 5.38. The van der Waals surface area contributed by atoms with Crippen molar-refractivity contribution in [2.24, 2.45) is 0 Å². The predicted octanol–water partition coefficient (Wildman–Crippen LogP) is 2.33. The van der Waals surface area contributed by atoms with Crippen LogP contribution in [0, 0.1) is 0 Å². The van der Waals surface area contributed by atoms with Crippen molar-refractivity contribution in [2.45, 2.75) is 14.7 Å². The summed E-state index contributed by atoms with van der Waals surface area (Å²) >= 11 is 17.6. The summed E-state index contributed by atoms with van der Waals surface area (Å²) in [6.07, 6.45) is 0.677. The van der Waals surface area contributed by atoms with E-state index in [1.807, 2.05) is 0 Å². The Balaban J connectivity index is 3.15. The van der Waals surface area contributed by atoms with E-state index in [2.05, 4.69) is 0 Å². The van der Waals surface area contributed by atoms with E-state index in [9.17, 15) is 0 Å². The SMILES string of the molecule is ClC(Cl)(Cl)C[CH2][Sn]. The molecule has 0 heterocycles. The number of alkyl halides is 3. The second-order valence-corrected chi connectivity index (χ2v) is 5.06. The summed E-state index contributed by atoms with van der Waals surface area (Å²) in [6, 6.07) is 0. The zero-order valence-corrected chi connectivity index (χ0v) is 8.67. The van der Waals surface area contributed by atoms with E-state index in [1.165, 1.54) is 22.5 Å². The fraction of sp³-hybridized carbons (Fsp3) is 1.00. The first-order chi connectivity index (χ1) is 3.06. The molecule has 0 saturated carbocycles. The molecule has 7 heavy (non-hydrogen) atoms. The zero-order valence-electron chi connectivity index (χ0n) is 3.55. The quantitative estimate of drug-likeness (QED) is 0.504. The molecule has 0 aliphatic rings. The molecule has 0 rings (SSSR count). The molecule has 4 heteroatoms. The van der Waals surface area contributed by atoms with Crippen molar-refractivity contribution in [3.8, 4) is 0 Å². The zero-order chi connectivity index (χ0) is 5.91. The van der Waals surface area contributed by atoms with Gasteiger partial charge < -0.3 is 0 Å². The van der Waals surface area contributed by atoms with Crippen LogP contribution in [0.3, 0.4) is 0 Å². The minimum atomic E-state index is -1.01. The molecule has 0 aliphatic carbocycles. The van der Waals surface area contributed by atoms with E-state index >= 15 is 0 Å². The van der Waals surface area contributed by atoms with Crippen LogP contribution in [0.25, 0.3) is 0 Å². The van der Waals surface area contributed by atoms with Crippen molar-refractivity contribution in [1.29, 1.82) is 0 Å². The molecule has 0 spiro atoms. The van der Waals surface area contributed by atoms with E-state index in [-0.39, 0.29) is 0 Å². The van der Waals surface area contributed by atoms with Gasteiger partial charge in [0.05, 0.1) is 0 Å². The van der Waals surface area contributed by atoms with Crippen molar-refractivity contribution < 1.29 is 0 Å². The third-order valence-corrected chi connectivity index (χ3v) is 1.69. The second-order valence-electron chi connectivity index (χ2n) is 1.12. The van der Waals surface area contributed by atoms with Gasteiger partial charge in [0, 0.05) is 0 Å². The first kappa shape index (κ1) is 8.67. The molecule has 0 bridgehead atoms. The normalized spacial score (nSPS) is 12.0. The van der Waals surface area contributed by atoms with E-state index in [0.717, 1.165) is 4.44 Å². The van der Waals surface area contributed by atoms with E-state index in [1.54, 1.807) is 0 Å². The molecule has 0 atom stereocenters. The van der Waals surface area contributed by atoms with Gasteiger partial charge in [-0.1, -0.05) is 0 Å². The van der Waals surface area contributed by atoms with Crippen LogP contribution in [0.5, 0.6) is 0 Å². The van der Waals surface area contributed by atoms with Crippen LogP contribution < -0.4 is 0 Å². The first-order valence-corrected chi connectivity index (χ1v) is 4.93. The van der Waals surface area contributed by atoms with Gasteiger partial charge in [0.1, 0.15) is 0 Å². The molecule has 0 aliphatic heterocycles. The fourth-order valence-electron chi connectivity index (χ4n) is 0.142. The third-order valence-electron chi connectivity index (χ3n) is 0.408. The average Bonchev–Trinajstić information content (AvgIpc) is 1.30. The summed E-state index contributed by atoms with van der Waals surface area (Å²) in [6.45, 7) is 0. The Hall–Kier alpha value is 1.67. The van der Waals surface area contributed by atoms with Gasteiger partial charge in [-0.25, -0.2) is 0 Å². The van der Waals surface area contributed by atoms with Crippen molar-refractivity contribution in [3.63, 3.8) is 0 Å². The molecule has 0 nitrogen and oxygen atoms in total. The van der Waals surface area contributed by atoms with E-state index in [4.69, 9.17) is 34.8 Å². The predicted molar refractivity (Wildman–Crippen MR) is 35.5 cm³/mol. The van der Waals surface area contributed by atoms with Crippen LogP contribution in [0.15, 0.2) is 0 Å². The molecule has 0 saturated heterocycles. The van der Waals surface area contributed by atoms with Gasteiger partial charge in [-0.05, 0) is 0 Å². The Bertz CT molecular complexity index is 48.6. The van der Waals surface area contributed by atoms with Gasteiger partial charge in [0.25, 0.3) is 0 Å². The first-order valence-electron chi connectivity index (χ1n) is 1.77. The van der Waals surface area contributed by atoms with Crippen molar-refractivity contribution in [2.75, 3.05) is 0 Å². The van der Waals surface area contributed by atoms with Crippen LogP contribution in [0.2, 0.25) is 4.44 Å².